The van der Waals surface area contributed by atoms with Gasteiger partial charge in [0.05, 0.1) is 0 Å². The minimum Gasteiger partial charge on any atom is -0.0843 e. The predicted octanol–water partition coefficient (Wildman–Crippen LogP) is 5.45. The molecule has 0 heterocycles. The van der Waals surface area contributed by atoms with Crippen LogP contribution in [-0.4, -0.2) is 0 Å². The normalized spacial score (nSPS) is 10.1. The summed E-state index contributed by atoms with van der Waals surface area (Å²) in [6.45, 7) is 2.03. The van der Waals surface area contributed by atoms with Crippen molar-refractivity contribution >= 4 is 28.8 Å². The molecule has 0 nitrogen and oxygen atoms in total. The molecule has 0 saturated heterocycles. The van der Waals surface area contributed by atoms with E-state index in [0.29, 0.717) is 0 Å². The van der Waals surface area contributed by atoms with Crippen LogP contribution < -0.4 is 0 Å². The Morgan fingerprint density at radius 2 is 1.12 bits per heavy atom. The van der Waals surface area contributed by atoms with Gasteiger partial charge in [-0.3, -0.25) is 0 Å². The molecule has 0 bridgehead atoms. The molecule has 0 saturated carbocycles. The predicted molar refractivity (Wildman–Crippen MR) is 75.7 cm³/mol. The summed E-state index contributed by atoms with van der Waals surface area (Å²) in [5, 5.41) is 1.50. The van der Waals surface area contributed by atoms with Crippen molar-refractivity contribution in [2.45, 2.75) is 6.92 Å². The van der Waals surface area contributed by atoms with Crippen LogP contribution in [0.5, 0.6) is 0 Å². The zero-order valence-electron chi connectivity index (χ0n) is 9.45. The highest BCUT2D eigenvalue weighted by Crippen LogP contribution is 2.25. The number of rotatable bonds is 2. The topological polar surface area (TPSA) is 0 Å². The molecular formula is C15H12Cl2. The maximum absolute atomic E-state index is 5.89. The lowest BCUT2D eigenvalue weighted by Crippen LogP contribution is -1.87. The molecular weight excluding hydrogens is 251 g/mol. The van der Waals surface area contributed by atoms with Crippen molar-refractivity contribution in [2.24, 2.45) is 0 Å². The molecule has 2 aromatic rings. The lowest BCUT2D eigenvalue weighted by molar-refractivity contribution is 1.53. The molecule has 0 atom stereocenters. The molecule has 0 fully saturated rings. The fraction of sp³-hybridized carbons (Fsp3) is 0.0667. The number of allylic oxidation sites excluding steroid dienone is 1. The molecule has 0 radical (unpaired) electrons. The average Bonchev–Trinajstić information content (AvgIpc) is 2.35. The smallest absolute Gasteiger partial charge is 0.0406 e. The third-order valence-corrected chi connectivity index (χ3v) is 3.10. The standard InChI is InChI=1S/C15H12Cl2/c1-2-15(11-3-7-13(16)8-4-11)12-5-9-14(17)10-6-12/h2-10H,1H3. The molecule has 0 aliphatic rings. The minimum atomic E-state index is 0.750. The van der Waals surface area contributed by atoms with Gasteiger partial charge in [0.15, 0.2) is 0 Å². The van der Waals surface area contributed by atoms with Crippen LogP contribution in [0.3, 0.4) is 0 Å². The van der Waals surface area contributed by atoms with Gasteiger partial charge in [-0.25, -0.2) is 0 Å². The van der Waals surface area contributed by atoms with Gasteiger partial charge in [-0.05, 0) is 47.9 Å². The van der Waals surface area contributed by atoms with Crippen molar-refractivity contribution in [1.29, 1.82) is 0 Å². The van der Waals surface area contributed by atoms with Gasteiger partial charge in [-0.15, -0.1) is 0 Å². The Kier molecular flexibility index (Phi) is 3.88. The summed E-state index contributed by atoms with van der Waals surface area (Å²) < 4.78 is 0. The molecule has 0 unspecified atom stereocenters. The average molecular weight is 263 g/mol. The van der Waals surface area contributed by atoms with Crippen molar-refractivity contribution < 1.29 is 0 Å². The lowest BCUT2D eigenvalue weighted by Gasteiger charge is -2.08. The molecule has 86 valence electrons. The quantitative estimate of drug-likeness (QED) is 0.676. The van der Waals surface area contributed by atoms with Crippen LogP contribution in [0.2, 0.25) is 10.0 Å². The van der Waals surface area contributed by atoms with Gasteiger partial charge in [0.1, 0.15) is 0 Å². The first kappa shape index (κ1) is 12.2. The first-order chi connectivity index (χ1) is 8.20. The monoisotopic (exact) mass is 262 g/mol. The van der Waals surface area contributed by atoms with E-state index in [-0.39, 0.29) is 0 Å². The number of halogens is 2. The van der Waals surface area contributed by atoms with Crippen molar-refractivity contribution in [3.05, 3.63) is 75.8 Å². The molecule has 0 aromatic heterocycles. The van der Waals surface area contributed by atoms with Gasteiger partial charge in [0.2, 0.25) is 0 Å². The summed E-state index contributed by atoms with van der Waals surface area (Å²) in [5.74, 6) is 0. The minimum absolute atomic E-state index is 0.750. The molecule has 2 heteroatoms. The fourth-order valence-corrected chi connectivity index (χ4v) is 2.01. The third kappa shape index (κ3) is 2.91. The van der Waals surface area contributed by atoms with Crippen molar-refractivity contribution in [1.82, 2.24) is 0 Å². The second-order valence-electron chi connectivity index (χ2n) is 3.72. The lowest BCUT2D eigenvalue weighted by atomic mass is 9.98. The summed E-state index contributed by atoms with van der Waals surface area (Å²) in [6, 6.07) is 15.7. The van der Waals surface area contributed by atoms with Crippen LogP contribution in [0.15, 0.2) is 54.6 Å². The van der Waals surface area contributed by atoms with E-state index in [1.165, 1.54) is 5.57 Å². The molecule has 2 aromatic carbocycles. The second kappa shape index (κ2) is 5.39. The Labute approximate surface area is 112 Å². The Morgan fingerprint density at radius 1 is 0.765 bits per heavy atom. The van der Waals surface area contributed by atoms with E-state index >= 15 is 0 Å². The molecule has 0 spiro atoms. The van der Waals surface area contributed by atoms with Crippen LogP contribution >= 0.6 is 23.2 Å². The second-order valence-corrected chi connectivity index (χ2v) is 4.59. The molecule has 2 rings (SSSR count). The Balaban J connectivity index is 2.41. The van der Waals surface area contributed by atoms with Crippen molar-refractivity contribution in [2.75, 3.05) is 0 Å². The summed E-state index contributed by atoms with van der Waals surface area (Å²) >= 11 is 11.8. The van der Waals surface area contributed by atoms with Gasteiger partial charge in [-0.2, -0.15) is 0 Å². The Hall–Kier alpha value is -1.24. The van der Waals surface area contributed by atoms with Crippen LogP contribution in [0, 0.1) is 0 Å². The zero-order chi connectivity index (χ0) is 12.3. The van der Waals surface area contributed by atoms with E-state index in [9.17, 15) is 0 Å². The highest BCUT2D eigenvalue weighted by atomic mass is 35.5. The van der Waals surface area contributed by atoms with Crippen molar-refractivity contribution in [3.63, 3.8) is 0 Å². The van der Waals surface area contributed by atoms with Gasteiger partial charge >= 0.3 is 0 Å². The Bertz CT molecular complexity index is 474. The summed E-state index contributed by atoms with van der Waals surface area (Å²) in [6.07, 6.45) is 2.09. The van der Waals surface area contributed by atoms with Crippen molar-refractivity contribution in [3.8, 4) is 0 Å². The van der Waals surface area contributed by atoms with Crippen LogP contribution in [-0.2, 0) is 0 Å². The highest BCUT2D eigenvalue weighted by Gasteiger charge is 2.03. The third-order valence-electron chi connectivity index (χ3n) is 2.60. The van der Waals surface area contributed by atoms with Gasteiger partial charge in [0.25, 0.3) is 0 Å². The zero-order valence-corrected chi connectivity index (χ0v) is 11.0. The fourth-order valence-electron chi connectivity index (χ4n) is 1.76. The summed E-state index contributed by atoms with van der Waals surface area (Å²) in [4.78, 5) is 0. The Morgan fingerprint density at radius 3 is 1.41 bits per heavy atom. The van der Waals surface area contributed by atoms with Gasteiger partial charge < -0.3 is 0 Å². The molecule has 0 aliphatic heterocycles. The van der Waals surface area contributed by atoms with Crippen LogP contribution in [0.4, 0.5) is 0 Å². The molecule has 0 aliphatic carbocycles. The van der Waals surface area contributed by atoms with Crippen LogP contribution in [0.1, 0.15) is 18.1 Å². The highest BCUT2D eigenvalue weighted by molar-refractivity contribution is 6.30. The van der Waals surface area contributed by atoms with E-state index in [2.05, 4.69) is 6.08 Å². The van der Waals surface area contributed by atoms with Crippen LogP contribution in [0.25, 0.3) is 5.57 Å². The summed E-state index contributed by atoms with van der Waals surface area (Å²) in [5.41, 5.74) is 3.48. The van der Waals surface area contributed by atoms with E-state index in [1.807, 2.05) is 55.5 Å². The molecule has 0 amide bonds. The largest absolute Gasteiger partial charge is 0.0843 e. The molecule has 17 heavy (non-hydrogen) atoms. The van der Waals surface area contributed by atoms with Gasteiger partial charge in [-0.1, -0.05) is 53.5 Å². The number of hydrogen-bond donors (Lipinski definition) is 0. The van der Waals surface area contributed by atoms with E-state index in [0.717, 1.165) is 21.2 Å². The number of benzene rings is 2. The first-order valence-corrected chi connectivity index (χ1v) is 6.14. The maximum Gasteiger partial charge on any atom is 0.0406 e. The van der Waals surface area contributed by atoms with Gasteiger partial charge in [0, 0.05) is 10.0 Å². The van der Waals surface area contributed by atoms with E-state index < -0.39 is 0 Å². The van der Waals surface area contributed by atoms with E-state index in [1.54, 1.807) is 0 Å². The molecule has 0 N–H and O–H groups in total. The van der Waals surface area contributed by atoms with E-state index in [4.69, 9.17) is 23.2 Å². The first-order valence-electron chi connectivity index (χ1n) is 5.39. The number of hydrogen-bond acceptors (Lipinski definition) is 0. The SMILES string of the molecule is CC=C(c1ccc(Cl)cc1)c1ccc(Cl)cc1. The summed E-state index contributed by atoms with van der Waals surface area (Å²) in [7, 11) is 0. The maximum atomic E-state index is 5.89.